The molecule has 0 aliphatic rings. The smallest absolute Gasteiger partial charge is 0.242 e. The highest BCUT2D eigenvalue weighted by molar-refractivity contribution is 9.10. The molecule has 0 fully saturated rings. The van der Waals surface area contributed by atoms with Gasteiger partial charge in [-0.2, -0.15) is 0 Å². The molecule has 2 rings (SSSR count). The van der Waals surface area contributed by atoms with Crippen LogP contribution in [0.1, 0.15) is 30.0 Å². The number of aromatic nitrogens is 1. The molecule has 1 heterocycles. The van der Waals surface area contributed by atoms with Crippen LogP contribution in [0.3, 0.4) is 0 Å². The fourth-order valence-electron chi connectivity index (χ4n) is 2.13. The molecule has 1 atom stereocenters. The topological polar surface area (TPSA) is 72.2 Å². The Balaban J connectivity index is 2.32. The Morgan fingerprint density at radius 3 is 2.50 bits per heavy atom. The molecule has 5 nitrogen and oxygen atoms in total. The first-order chi connectivity index (χ1) is 9.33. The van der Waals surface area contributed by atoms with Crippen molar-refractivity contribution >= 4 is 26.0 Å². The number of halogens is 1. The van der Waals surface area contributed by atoms with E-state index in [1.807, 2.05) is 0 Å². The van der Waals surface area contributed by atoms with E-state index in [0.717, 1.165) is 5.56 Å². The van der Waals surface area contributed by atoms with Gasteiger partial charge in [-0.15, -0.1) is 0 Å². The van der Waals surface area contributed by atoms with Crippen molar-refractivity contribution in [3.63, 3.8) is 0 Å². The maximum absolute atomic E-state index is 12.4. The van der Waals surface area contributed by atoms with Gasteiger partial charge < -0.3 is 4.52 Å². The molecule has 2 aromatic rings. The zero-order chi connectivity index (χ0) is 14.9. The SMILES string of the molecule is Cc1noc(C)c1C(C)NS(=O)(=O)c1ccccc1Br. The number of hydrogen-bond acceptors (Lipinski definition) is 4. The van der Waals surface area contributed by atoms with Crippen LogP contribution in [0.4, 0.5) is 0 Å². The summed E-state index contributed by atoms with van der Waals surface area (Å²) in [7, 11) is -3.62. The Hall–Kier alpha value is -1.18. The monoisotopic (exact) mass is 358 g/mol. The average molecular weight is 359 g/mol. The third kappa shape index (κ3) is 2.94. The maximum atomic E-state index is 12.4. The molecule has 1 unspecified atom stereocenters. The van der Waals surface area contributed by atoms with Crippen molar-refractivity contribution in [2.75, 3.05) is 0 Å². The van der Waals surface area contributed by atoms with E-state index >= 15 is 0 Å². The molecule has 0 amide bonds. The first-order valence-electron chi connectivity index (χ1n) is 6.02. The molecular weight excluding hydrogens is 344 g/mol. The Morgan fingerprint density at radius 2 is 1.95 bits per heavy atom. The van der Waals surface area contributed by atoms with E-state index < -0.39 is 16.1 Å². The summed E-state index contributed by atoms with van der Waals surface area (Å²) in [6.45, 7) is 5.31. The summed E-state index contributed by atoms with van der Waals surface area (Å²) >= 11 is 3.25. The molecule has 0 aliphatic carbocycles. The molecule has 108 valence electrons. The lowest BCUT2D eigenvalue weighted by Gasteiger charge is -2.14. The average Bonchev–Trinajstić information content (AvgIpc) is 2.68. The van der Waals surface area contributed by atoms with Gasteiger partial charge in [0.25, 0.3) is 0 Å². The second-order valence-corrected chi connectivity index (χ2v) is 7.05. The molecule has 0 saturated heterocycles. The number of sulfonamides is 1. The number of nitrogens with zero attached hydrogens (tertiary/aromatic N) is 1. The molecule has 0 aliphatic heterocycles. The minimum absolute atomic E-state index is 0.207. The molecule has 0 spiro atoms. The fourth-order valence-corrected chi connectivity index (χ4v) is 4.34. The summed E-state index contributed by atoms with van der Waals surface area (Å²) in [5, 5.41) is 3.84. The number of nitrogens with one attached hydrogen (secondary N) is 1. The van der Waals surface area contributed by atoms with E-state index in [9.17, 15) is 8.42 Å². The molecular formula is C13H15BrN2O3S. The van der Waals surface area contributed by atoms with Crippen LogP contribution in [0.15, 0.2) is 38.2 Å². The molecule has 0 bridgehead atoms. The Kier molecular flexibility index (Phi) is 4.31. The molecule has 1 aromatic carbocycles. The number of benzene rings is 1. The summed E-state index contributed by atoms with van der Waals surface area (Å²) in [4.78, 5) is 0.207. The van der Waals surface area contributed by atoms with Gasteiger partial charge in [-0.05, 0) is 48.8 Å². The van der Waals surface area contributed by atoms with Crippen molar-refractivity contribution in [3.05, 3.63) is 45.8 Å². The van der Waals surface area contributed by atoms with Gasteiger partial charge in [0.2, 0.25) is 10.0 Å². The van der Waals surface area contributed by atoms with Crippen LogP contribution in [-0.4, -0.2) is 13.6 Å². The van der Waals surface area contributed by atoms with Gasteiger partial charge >= 0.3 is 0 Å². The lowest BCUT2D eigenvalue weighted by molar-refractivity contribution is 0.391. The normalized spacial score (nSPS) is 13.4. The van der Waals surface area contributed by atoms with E-state index in [0.29, 0.717) is 15.9 Å². The highest BCUT2D eigenvalue weighted by Crippen LogP contribution is 2.26. The summed E-state index contributed by atoms with van der Waals surface area (Å²) in [6, 6.07) is 6.26. The summed E-state index contributed by atoms with van der Waals surface area (Å²) < 4.78 is 33.0. The zero-order valence-electron chi connectivity index (χ0n) is 11.3. The van der Waals surface area contributed by atoms with E-state index in [-0.39, 0.29) is 4.90 Å². The lowest BCUT2D eigenvalue weighted by Crippen LogP contribution is -2.27. The van der Waals surface area contributed by atoms with Gasteiger partial charge in [0.05, 0.1) is 10.6 Å². The minimum Gasteiger partial charge on any atom is -0.361 e. The molecule has 20 heavy (non-hydrogen) atoms. The van der Waals surface area contributed by atoms with Crippen LogP contribution in [0.5, 0.6) is 0 Å². The van der Waals surface area contributed by atoms with Crippen molar-refractivity contribution in [1.82, 2.24) is 9.88 Å². The first kappa shape index (κ1) is 15.2. The number of hydrogen-bond donors (Lipinski definition) is 1. The predicted octanol–water partition coefficient (Wildman–Crippen LogP) is 3.09. The molecule has 1 N–H and O–H groups in total. The standard InChI is InChI=1S/C13H15BrN2O3S/c1-8-13(10(3)19-15-8)9(2)16-20(17,18)12-7-5-4-6-11(12)14/h4-7,9,16H,1-3H3. The second-order valence-electron chi connectivity index (χ2n) is 4.51. The van der Waals surface area contributed by atoms with Crippen molar-refractivity contribution in [3.8, 4) is 0 Å². The van der Waals surface area contributed by atoms with Crippen molar-refractivity contribution in [1.29, 1.82) is 0 Å². The highest BCUT2D eigenvalue weighted by atomic mass is 79.9. The minimum atomic E-state index is -3.62. The Morgan fingerprint density at radius 1 is 1.30 bits per heavy atom. The van der Waals surface area contributed by atoms with Gasteiger partial charge in [-0.3, -0.25) is 0 Å². The third-order valence-electron chi connectivity index (χ3n) is 2.98. The molecule has 0 saturated carbocycles. The largest absolute Gasteiger partial charge is 0.361 e. The Bertz CT molecular complexity index is 705. The van der Waals surface area contributed by atoms with Gasteiger partial charge in [0.1, 0.15) is 5.76 Å². The molecule has 7 heteroatoms. The van der Waals surface area contributed by atoms with Crippen LogP contribution in [-0.2, 0) is 10.0 Å². The van der Waals surface area contributed by atoms with E-state index in [4.69, 9.17) is 4.52 Å². The van der Waals surface area contributed by atoms with Gasteiger partial charge in [0.15, 0.2) is 0 Å². The van der Waals surface area contributed by atoms with Gasteiger partial charge in [0, 0.05) is 16.1 Å². The van der Waals surface area contributed by atoms with Crippen LogP contribution < -0.4 is 4.72 Å². The fraction of sp³-hybridized carbons (Fsp3) is 0.308. The number of aryl methyl sites for hydroxylation is 2. The van der Waals surface area contributed by atoms with Crippen LogP contribution in [0.25, 0.3) is 0 Å². The first-order valence-corrected chi connectivity index (χ1v) is 8.30. The third-order valence-corrected chi connectivity index (χ3v) is 5.53. The van der Waals surface area contributed by atoms with Crippen molar-refractivity contribution in [2.24, 2.45) is 0 Å². The molecule has 1 aromatic heterocycles. The maximum Gasteiger partial charge on any atom is 0.242 e. The van der Waals surface area contributed by atoms with Crippen molar-refractivity contribution < 1.29 is 12.9 Å². The second kappa shape index (κ2) is 5.67. The van der Waals surface area contributed by atoms with Crippen LogP contribution in [0, 0.1) is 13.8 Å². The Labute approximate surface area is 126 Å². The quantitative estimate of drug-likeness (QED) is 0.911. The number of rotatable bonds is 4. The zero-order valence-corrected chi connectivity index (χ0v) is 13.7. The van der Waals surface area contributed by atoms with Crippen molar-refractivity contribution in [2.45, 2.75) is 31.7 Å². The summed E-state index contributed by atoms with van der Waals surface area (Å²) in [5.74, 6) is 0.616. The van der Waals surface area contributed by atoms with Crippen LogP contribution >= 0.6 is 15.9 Å². The van der Waals surface area contributed by atoms with E-state index in [1.165, 1.54) is 0 Å². The highest BCUT2D eigenvalue weighted by Gasteiger charge is 2.24. The lowest BCUT2D eigenvalue weighted by atomic mass is 10.1. The van der Waals surface area contributed by atoms with E-state index in [1.54, 1.807) is 45.0 Å². The predicted molar refractivity (Wildman–Crippen MR) is 78.9 cm³/mol. The van der Waals surface area contributed by atoms with Gasteiger partial charge in [-0.25, -0.2) is 13.1 Å². The van der Waals surface area contributed by atoms with Crippen LogP contribution in [0.2, 0.25) is 0 Å². The van der Waals surface area contributed by atoms with E-state index in [2.05, 4.69) is 25.8 Å². The summed E-state index contributed by atoms with van der Waals surface area (Å²) in [6.07, 6.45) is 0. The van der Waals surface area contributed by atoms with Gasteiger partial charge in [-0.1, -0.05) is 17.3 Å². The molecule has 0 radical (unpaired) electrons. The summed E-state index contributed by atoms with van der Waals surface area (Å²) in [5.41, 5.74) is 1.45.